The third kappa shape index (κ3) is 4.90. The van der Waals surface area contributed by atoms with Crippen LogP contribution < -0.4 is 5.73 Å². The van der Waals surface area contributed by atoms with E-state index in [1.54, 1.807) is 0 Å². The second-order valence-electron chi connectivity index (χ2n) is 1.75. The zero-order chi connectivity index (χ0) is 7.98. The predicted molar refractivity (Wildman–Crippen MR) is 43.4 cm³/mol. The topological polar surface area (TPSA) is 63.3 Å². The van der Waals surface area contributed by atoms with Crippen LogP contribution in [0.1, 0.15) is 6.42 Å². The van der Waals surface area contributed by atoms with Crippen molar-refractivity contribution in [2.24, 2.45) is 5.73 Å². The summed E-state index contributed by atoms with van der Waals surface area (Å²) >= 11 is 6.82. The number of carboxylic acids is 1. The van der Waals surface area contributed by atoms with E-state index in [0.29, 0.717) is 17.4 Å². The van der Waals surface area contributed by atoms with Crippen molar-refractivity contribution in [1.82, 2.24) is 0 Å². The van der Waals surface area contributed by atoms with Crippen LogP contribution >= 0.6 is 23.4 Å². The average Bonchev–Trinajstić information content (AvgIpc) is 1.88. The molecule has 0 aromatic rings. The Morgan fingerprint density at radius 2 is 2.40 bits per heavy atom. The van der Waals surface area contributed by atoms with Crippen molar-refractivity contribution in [2.75, 3.05) is 11.0 Å². The van der Waals surface area contributed by atoms with Crippen molar-refractivity contribution in [3.63, 3.8) is 0 Å². The molecule has 0 aliphatic rings. The molecular formula is C5H10ClNO2S. The maximum atomic E-state index is 10.1. The molecule has 1 atom stereocenters. The number of alkyl halides is 1. The van der Waals surface area contributed by atoms with Crippen LogP contribution in [0.25, 0.3) is 0 Å². The standard InChI is InChI=1S/C5H10ClNO2S/c6-3-10-2-1-4(7)5(8)9/h4H,1-3,7H2,(H,8,9)/t4-/m0/s1. The lowest BCUT2D eigenvalue weighted by molar-refractivity contribution is -0.138. The van der Waals surface area contributed by atoms with E-state index in [1.807, 2.05) is 0 Å². The van der Waals surface area contributed by atoms with Gasteiger partial charge in [-0.25, -0.2) is 0 Å². The number of aliphatic carboxylic acids is 1. The van der Waals surface area contributed by atoms with Gasteiger partial charge in [0, 0.05) is 0 Å². The van der Waals surface area contributed by atoms with E-state index in [2.05, 4.69) is 0 Å². The zero-order valence-corrected chi connectivity index (χ0v) is 6.99. The lowest BCUT2D eigenvalue weighted by Gasteiger charge is -2.03. The molecule has 0 radical (unpaired) electrons. The molecule has 3 nitrogen and oxygen atoms in total. The molecule has 0 saturated heterocycles. The summed E-state index contributed by atoms with van der Waals surface area (Å²) in [4.78, 5) is 10.1. The van der Waals surface area contributed by atoms with Gasteiger partial charge in [0.15, 0.2) is 0 Å². The third-order valence-corrected chi connectivity index (χ3v) is 2.11. The largest absolute Gasteiger partial charge is 0.480 e. The Morgan fingerprint density at radius 3 is 2.80 bits per heavy atom. The molecule has 0 heterocycles. The van der Waals surface area contributed by atoms with Crippen molar-refractivity contribution in [3.05, 3.63) is 0 Å². The monoisotopic (exact) mass is 183 g/mol. The number of carboxylic acid groups (broad SMARTS) is 1. The van der Waals surface area contributed by atoms with Crippen molar-refractivity contribution in [2.45, 2.75) is 12.5 Å². The van der Waals surface area contributed by atoms with E-state index >= 15 is 0 Å². The summed E-state index contributed by atoms with van der Waals surface area (Å²) in [5, 5.41) is 8.81. The van der Waals surface area contributed by atoms with Gasteiger partial charge in [-0.3, -0.25) is 4.79 Å². The van der Waals surface area contributed by atoms with E-state index in [0.717, 1.165) is 0 Å². The van der Waals surface area contributed by atoms with Gasteiger partial charge in [-0.15, -0.1) is 23.4 Å². The van der Waals surface area contributed by atoms with E-state index < -0.39 is 12.0 Å². The number of hydrogen-bond donors (Lipinski definition) is 2. The molecule has 0 fully saturated rings. The molecule has 60 valence electrons. The first kappa shape index (κ1) is 10.1. The van der Waals surface area contributed by atoms with Crippen LogP contribution in [0.3, 0.4) is 0 Å². The SMILES string of the molecule is N[C@@H](CCSCCl)C(=O)O. The van der Waals surface area contributed by atoms with Gasteiger partial charge in [-0.2, -0.15) is 0 Å². The quantitative estimate of drug-likeness (QED) is 0.487. The second-order valence-corrected chi connectivity index (χ2v) is 3.44. The summed E-state index contributed by atoms with van der Waals surface area (Å²) in [5.41, 5.74) is 5.20. The molecule has 10 heavy (non-hydrogen) atoms. The van der Waals surface area contributed by atoms with Crippen molar-refractivity contribution >= 4 is 29.3 Å². The van der Waals surface area contributed by atoms with Crippen molar-refractivity contribution in [1.29, 1.82) is 0 Å². The Bertz CT molecular complexity index is 112. The summed E-state index contributed by atoms with van der Waals surface area (Å²) in [7, 11) is 0. The van der Waals surface area contributed by atoms with Crippen LogP contribution in [-0.2, 0) is 4.79 Å². The highest BCUT2D eigenvalue weighted by Crippen LogP contribution is 2.05. The van der Waals surface area contributed by atoms with Gasteiger partial charge >= 0.3 is 5.97 Å². The highest BCUT2D eigenvalue weighted by atomic mass is 35.5. The van der Waals surface area contributed by atoms with Gasteiger partial charge in [-0.1, -0.05) is 0 Å². The maximum Gasteiger partial charge on any atom is 0.320 e. The van der Waals surface area contributed by atoms with Crippen LogP contribution in [-0.4, -0.2) is 28.1 Å². The summed E-state index contributed by atoms with van der Waals surface area (Å²) in [5.74, 6) is -0.244. The van der Waals surface area contributed by atoms with Crippen LogP contribution in [0.15, 0.2) is 0 Å². The maximum absolute atomic E-state index is 10.1. The van der Waals surface area contributed by atoms with E-state index in [-0.39, 0.29) is 0 Å². The second kappa shape index (κ2) is 5.82. The average molecular weight is 184 g/mol. The summed E-state index contributed by atoms with van der Waals surface area (Å²) in [6.45, 7) is 0. The van der Waals surface area contributed by atoms with Gasteiger partial charge in [0.25, 0.3) is 0 Å². The Hall–Kier alpha value is 0.0700. The molecule has 0 bridgehead atoms. The summed E-state index contributed by atoms with van der Waals surface area (Å²) < 4.78 is 0. The van der Waals surface area contributed by atoms with Gasteiger partial charge in [0.2, 0.25) is 0 Å². The first-order chi connectivity index (χ1) is 4.68. The highest BCUT2D eigenvalue weighted by molar-refractivity contribution is 8.00. The lowest BCUT2D eigenvalue weighted by atomic mass is 10.2. The number of nitrogens with two attached hydrogens (primary N) is 1. The van der Waals surface area contributed by atoms with Crippen molar-refractivity contribution in [3.8, 4) is 0 Å². The van der Waals surface area contributed by atoms with Gasteiger partial charge in [-0.05, 0) is 12.2 Å². The molecule has 5 heteroatoms. The van der Waals surface area contributed by atoms with Gasteiger partial charge < -0.3 is 10.8 Å². The first-order valence-corrected chi connectivity index (χ1v) is 4.49. The normalized spacial score (nSPS) is 13.0. The van der Waals surface area contributed by atoms with Crippen LogP contribution in [0, 0.1) is 0 Å². The van der Waals surface area contributed by atoms with Gasteiger partial charge in [0.05, 0.1) is 5.21 Å². The Balaban J connectivity index is 3.21. The van der Waals surface area contributed by atoms with E-state index in [9.17, 15) is 4.79 Å². The van der Waals surface area contributed by atoms with Crippen LogP contribution in [0.5, 0.6) is 0 Å². The molecule has 0 amide bonds. The lowest BCUT2D eigenvalue weighted by Crippen LogP contribution is -2.30. The fraction of sp³-hybridized carbons (Fsp3) is 0.800. The number of hydrogen-bond acceptors (Lipinski definition) is 3. The molecule has 0 unspecified atom stereocenters. The Kier molecular flexibility index (Phi) is 5.87. The Morgan fingerprint density at radius 1 is 1.80 bits per heavy atom. The van der Waals surface area contributed by atoms with Gasteiger partial charge in [0.1, 0.15) is 6.04 Å². The minimum atomic E-state index is -0.949. The van der Waals surface area contributed by atoms with Crippen LogP contribution in [0.4, 0.5) is 0 Å². The fourth-order valence-electron chi connectivity index (χ4n) is 0.388. The summed E-state index contributed by atoms with van der Waals surface area (Å²) in [6, 6.07) is -0.740. The van der Waals surface area contributed by atoms with Crippen molar-refractivity contribution < 1.29 is 9.90 Å². The summed E-state index contributed by atoms with van der Waals surface area (Å²) in [6.07, 6.45) is 0.479. The highest BCUT2D eigenvalue weighted by Gasteiger charge is 2.09. The molecule has 0 aromatic heterocycles. The molecule has 0 aromatic carbocycles. The number of rotatable bonds is 5. The molecule has 0 rings (SSSR count). The van der Waals surface area contributed by atoms with E-state index in [4.69, 9.17) is 22.4 Å². The smallest absolute Gasteiger partial charge is 0.320 e. The first-order valence-electron chi connectivity index (χ1n) is 2.80. The van der Waals surface area contributed by atoms with E-state index in [1.165, 1.54) is 11.8 Å². The predicted octanol–water partition coefficient (Wildman–Crippen LogP) is 0.718. The number of carbonyl (C=O) groups is 1. The van der Waals surface area contributed by atoms with Crippen LogP contribution in [0.2, 0.25) is 0 Å². The minimum Gasteiger partial charge on any atom is -0.480 e. The molecule has 0 saturated carbocycles. The fourth-order valence-corrected chi connectivity index (χ4v) is 1.25. The number of thioether (sulfide) groups is 1. The minimum absolute atomic E-state index is 0.479. The molecule has 0 aliphatic heterocycles. The molecule has 0 aliphatic carbocycles. The Labute approximate surface area is 68.9 Å². The number of halogens is 1. The third-order valence-electron chi connectivity index (χ3n) is 0.968. The molecule has 0 spiro atoms. The molecular weight excluding hydrogens is 174 g/mol. The zero-order valence-electron chi connectivity index (χ0n) is 5.42. The molecule has 3 N–H and O–H groups in total.